The fourth-order valence-corrected chi connectivity index (χ4v) is 2.73. The Morgan fingerprint density at radius 1 is 1.00 bits per heavy atom. The molecule has 0 radical (unpaired) electrons. The van der Waals surface area contributed by atoms with E-state index >= 15 is 0 Å². The van der Waals surface area contributed by atoms with Crippen LogP contribution in [-0.2, 0) is 5.41 Å². The van der Waals surface area contributed by atoms with Crippen LogP contribution in [0, 0.1) is 3.57 Å². The second kappa shape index (κ2) is 4.36. The highest BCUT2D eigenvalue weighted by atomic mass is 127. The first kappa shape index (κ1) is 11.9. The van der Waals surface area contributed by atoms with Gasteiger partial charge in [0.15, 0.2) is 0 Å². The molecular formula is C15H17I. The lowest BCUT2D eigenvalue weighted by Crippen LogP contribution is -2.15. The lowest BCUT2D eigenvalue weighted by Gasteiger charge is -2.25. The van der Waals surface area contributed by atoms with Gasteiger partial charge in [-0.2, -0.15) is 0 Å². The van der Waals surface area contributed by atoms with Gasteiger partial charge in [0.05, 0.1) is 0 Å². The molecule has 0 atom stereocenters. The van der Waals surface area contributed by atoms with Crippen molar-refractivity contribution in [3.8, 4) is 0 Å². The highest BCUT2D eigenvalue weighted by molar-refractivity contribution is 14.1. The van der Waals surface area contributed by atoms with Gasteiger partial charge < -0.3 is 0 Å². The van der Waals surface area contributed by atoms with E-state index in [1.54, 1.807) is 0 Å². The second-order valence-corrected chi connectivity index (χ2v) is 6.04. The van der Waals surface area contributed by atoms with Crippen molar-refractivity contribution in [3.05, 3.63) is 45.5 Å². The number of hydrogen-bond donors (Lipinski definition) is 0. The molecule has 0 spiro atoms. The summed E-state index contributed by atoms with van der Waals surface area (Å²) in [5, 5.41) is 2.78. The van der Waals surface area contributed by atoms with E-state index in [1.165, 1.54) is 19.9 Å². The molecule has 0 aliphatic carbocycles. The van der Waals surface area contributed by atoms with Crippen LogP contribution in [0.2, 0.25) is 0 Å². The van der Waals surface area contributed by atoms with Crippen molar-refractivity contribution >= 4 is 33.4 Å². The van der Waals surface area contributed by atoms with Gasteiger partial charge in [-0.25, -0.2) is 0 Å². The Kier molecular flexibility index (Phi) is 3.24. The van der Waals surface area contributed by atoms with Gasteiger partial charge in [-0.05, 0) is 56.8 Å². The lowest BCUT2D eigenvalue weighted by molar-refractivity contribution is 0.510. The summed E-state index contributed by atoms with van der Waals surface area (Å²) in [7, 11) is 0. The maximum atomic E-state index is 2.42. The summed E-state index contributed by atoms with van der Waals surface area (Å²) in [6.45, 7) is 6.90. The Hall–Kier alpha value is -0.570. The monoisotopic (exact) mass is 324 g/mol. The van der Waals surface area contributed by atoms with Crippen LogP contribution in [-0.4, -0.2) is 0 Å². The van der Waals surface area contributed by atoms with E-state index in [-0.39, 0.29) is 5.41 Å². The van der Waals surface area contributed by atoms with E-state index in [0.29, 0.717) is 0 Å². The van der Waals surface area contributed by atoms with E-state index in [4.69, 9.17) is 0 Å². The Morgan fingerprint density at radius 3 is 2.31 bits per heavy atom. The third-order valence-corrected chi connectivity index (χ3v) is 4.42. The zero-order valence-electron chi connectivity index (χ0n) is 10.0. The quantitative estimate of drug-likeness (QED) is 0.672. The normalized spacial score (nSPS) is 12.0. The molecule has 2 rings (SSSR count). The van der Waals surface area contributed by atoms with Gasteiger partial charge in [0.1, 0.15) is 0 Å². The van der Waals surface area contributed by atoms with Crippen molar-refractivity contribution in [1.29, 1.82) is 0 Å². The van der Waals surface area contributed by atoms with Gasteiger partial charge in [-0.1, -0.05) is 51.1 Å². The standard InChI is InChI=1S/C15H17I/c1-4-15(2,3)13-9-5-8-12-11(13)7-6-10-14(12)16/h5-10H,4H2,1-3H3. The number of hydrogen-bond acceptors (Lipinski definition) is 0. The molecule has 0 heterocycles. The average molecular weight is 324 g/mol. The highest BCUT2D eigenvalue weighted by Crippen LogP contribution is 2.34. The first-order chi connectivity index (χ1) is 7.56. The summed E-state index contributed by atoms with van der Waals surface area (Å²) in [6, 6.07) is 13.2. The zero-order chi connectivity index (χ0) is 11.8. The van der Waals surface area contributed by atoms with Gasteiger partial charge in [-0.3, -0.25) is 0 Å². The second-order valence-electron chi connectivity index (χ2n) is 4.88. The predicted octanol–water partition coefficient (Wildman–Crippen LogP) is 5.13. The molecule has 2 aromatic rings. The summed E-state index contributed by atoms with van der Waals surface area (Å²) in [4.78, 5) is 0. The van der Waals surface area contributed by atoms with Crippen molar-refractivity contribution in [1.82, 2.24) is 0 Å². The zero-order valence-corrected chi connectivity index (χ0v) is 12.2. The molecule has 0 saturated carbocycles. The van der Waals surface area contributed by atoms with Crippen LogP contribution >= 0.6 is 22.6 Å². The lowest BCUT2D eigenvalue weighted by atomic mass is 9.80. The van der Waals surface area contributed by atoms with Crippen LogP contribution in [0.25, 0.3) is 10.8 Å². The summed E-state index contributed by atoms with van der Waals surface area (Å²) in [5.74, 6) is 0. The minimum atomic E-state index is 0.254. The molecule has 84 valence electrons. The molecule has 0 amide bonds. The maximum Gasteiger partial charge on any atom is 0.0208 e. The Morgan fingerprint density at radius 2 is 1.62 bits per heavy atom. The summed E-state index contributed by atoms with van der Waals surface area (Å²) < 4.78 is 1.34. The molecular weight excluding hydrogens is 307 g/mol. The number of fused-ring (bicyclic) bond motifs is 1. The van der Waals surface area contributed by atoms with Crippen LogP contribution in [0.5, 0.6) is 0 Å². The van der Waals surface area contributed by atoms with E-state index in [1.807, 2.05) is 0 Å². The largest absolute Gasteiger partial charge is 0.0646 e. The van der Waals surface area contributed by atoms with Crippen LogP contribution < -0.4 is 0 Å². The molecule has 0 bridgehead atoms. The van der Waals surface area contributed by atoms with Crippen molar-refractivity contribution in [3.63, 3.8) is 0 Å². The summed E-state index contributed by atoms with van der Waals surface area (Å²) in [5.41, 5.74) is 1.72. The summed E-state index contributed by atoms with van der Waals surface area (Å²) in [6.07, 6.45) is 1.16. The number of benzene rings is 2. The molecule has 16 heavy (non-hydrogen) atoms. The van der Waals surface area contributed by atoms with Crippen LogP contribution in [0.15, 0.2) is 36.4 Å². The first-order valence-corrected chi connectivity index (χ1v) is 6.82. The highest BCUT2D eigenvalue weighted by Gasteiger charge is 2.20. The van der Waals surface area contributed by atoms with Gasteiger partial charge >= 0.3 is 0 Å². The van der Waals surface area contributed by atoms with Crippen LogP contribution in [0.1, 0.15) is 32.8 Å². The fraction of sp³-hybridized carbons (Fsp3) is 0.333. The van der Waals surface area contributed by atoms with Gasteiger partial charge in [0.2, 0.25) is 0 Å². The Labute approximate surface area is 111 Å². The molecule has 1 heteroatoms. The van der Waals surface area contributed by atoms with Crippen molar-refractivity contribution in [2.75, 3.05) is 0 Å². The van der Waals surface area contributed by atoms with Gasteiger partial charge in [-0.15, -0.1) is 0 Å². The SMILES string of the molecule is CCC(C)(C)c1cccc2c(I)cccc12. The van der Waals surface area contributed by atoms with Crippen molar-refractivity contribution < 1.29 is 0 Å². The third kappa shape index (κ3) is 1.97. The third-order valence-electron chi connectivity index (χ3n) is 3.48. The molecule has 0 fully saturated rings. The summed E-state index contributed by atoms with van der Waals surface area (Å²) >= 11 is 2.42. The molecule has 0 unspecified atom stereocenters. The number of rotatable bonds is 2. The molecule has 0 N–H and O–H groups in total. The van der Waals surface area contributed by atoms with E-state index in [9.17, 15) is 0 Å². The van der Waals surface area contributed by atoms with Crippen molar-refractivity contribution in [2.45, 2.75) is 32.6 Å². The van der Waals surface area contributed by atoms with Gasteiger partial charge in [0, 0.05) is 3.57 Å². The first-order valence-electron chi connectivity index (χ1n) is 5.74. The van der Waals surface area contributed by atoms with Gasteiger partial charge in [0.25, 0.3) is 0 Å². The molecule has 0 saturated heterocycles. The average Bonchev–Trinajstić information content (AvgIpc) is 2.29. The predicted molar refractivity (Wildman–Crippen MR) is 80.0 cm³/mol. The smallest absolute Gasteiger partial charge is 0.0208 e. The van der Waals surface area contributed by atoms with E-state index in [2.05, 4.69) is 79.8 Å². The van der Waals surface area contributed by atoms with Crippen LogP contribution in [0.4, 0.5) is 0 Å². The fourth-order valence-electron chi connectivity index (χ4n) is 2.05. The Bertz CT molecular complexity index is 512. The molecule has 0 aromatic heterocycles. The maximum absolute atomic E-state index is 2.42. The minimum absolute atomic E-state index is 0.254. The molecule has 0 nitrogen and oxygen atoms in total. The van der Waals surface area contributed by atoms with E-state index < -0.39 is 0 Å². The molecule has 0 aliphatic heterocycles. The Balaban J connectivity index is 2.77. The van der Waals surface area contributed by atoms with Crippen LogP contribution in [0.3, 0.4) is 0 Å². The van der Waals surface area contributed by atoms with Crippen molar-refractivity contribution in [2.24, 2.45) is 0 Å². The van der Waals surface area contributed by atoms with E-state index in [0.717, 1.165) is 6.42 Å². The number of halogens is 1. The molecule has 0 aliphatic rings. The molecule has 2 aromatic carbocycles. The topological polar surface area (TPSA) is 0 Å². The minimum Gasteiger partial charge on any atom is -0.0646 e.